The molecule has 7 nitrogen and oxygen atoms in total. The molecule has 33 heavy (non-hydrogen) atoms. The first-order valence-corrected chi connectivity index (χ1v) is 11.3. The summed E-state index contributed by atoms with van der Waals surface area (Å²) < 4.78 is 1.61. The van der Waals surface area contributed by atoms with Crippen LogP contribution in [-0.2, 0) is 10.2 Å². The van der Waals surface area contributed by atoms with Gasteiger partial charge in [-0.25, -0.2) is 9.48 Å². The van der Waals surface area contributed by atoms with Crippen molar-refractivity contribution in [1.29, 1.82) is 0 Å². The number of nitrogens with one attached hydrogen (secondary N) is 2. The van der Waals surface area contributed by atoms with Gasteiger partial charge in [0.2, 0.25) is 5.91 Å². The number of rotatable bonds is 6. The minimum atomic E-state index is -0.398. The largest absolute Gasteiger partial charge is 0.322 e. The third-order valence-electron chi connectivity index (χ3n) is 4.91. The van der Waals surface area contributed by atoms with Crippen molar-refractivity contribution in [2.45, 2.75) is 33.1 Å². The number of likely N-dealkylation sites (N-methyl/N-ethyl adjacent to an activating group) is 1. The number of aromatic nitrogens is 2. The fourth-order valence-corrected chi connectivity index (χ4v) is 3.50. The number of para-hydroxylation sites is 1. The smallest absolute Gasteiger partial charge is 0.315 e. The van der Waals surface area contributed by atoms with Crippen LogP contribution in [0.4, 0.5) is 16.3 Å². The highest BCUT2D eigenvalue weighted by atomic mass is 35.5. The summed E-state index contributed by atoms with van der Waals surface area (Å²) in [4.78, 5) is 27.0. The van der Waals surface area contributed by atoms with Gasteiger partial charge in [-0.2, -0.15) is 5.10 Å². The lowest BCUT2D eigenvalue weighted by molar-refractivity contribution is -0.116. The molecule has 9 heteroatoms. The average Bonchev–Trinajstić information content (AvgIpc) is 3.16. The number of halogens is 2. The van der Waals surface area contributed by atoms with Gasteiger partial charge >= 0.3 is 6.03 Å². The number of nitrogens with zero attached hydrogens (tertiary/aromatic N) is 3. The van der Waals surface area contributed by atoms with Gasteiger partial charge in [0.25, 0.3) is 0 Å². The first kappa shape index (κ1) is 24.6. The van der Waals surface area contributed by atoms with Gasteiger partial charge in [0.1, 0.15) is 12.4 Å². The van der Waals surface area contributed by atoms with E-state index in [0.29, 0.717) is 33.8 Å². The van der Waals surface area contributed by atoms with E-state index >= 15 is 0 Å². The van der Waals surface area contributed by atoms with Crippen molar-refractivity contribution in [3.63, 3.8) is 0 Å². The van der Waals surface area contributed by atoms with E-state index in [4.69, 9.17) is 23.2 Å². The molecule has 0 aliphatic heterocycles. The number of hydrogen-bond donors (Lipinski definition) is 2. The number of urea groups is 1. The minimum absolute atomic E-state index is 0.137. The maximum Gasteiger partial charge on any atom is 0.322 e. The van der Waals surface area contributed by atoms with Crippen molar-refractivity contribution in [1.82, 2.24) is 14.7 Å². The van der Waals surface area contributed by atoms with Gasteiger partial charge in [0, 0.05) is 28.7 Å². The maximum atomic E-state index is 12.9. The van der Waals surface area contributed by atoms with E-state index in [2.05, 4.69) is 15.7 Å². The van der Waals surface area contributed by atoms with E-state index in [0.717, 1.165) is 5.69 Å². The summed E-state index contributed by atoms with van der Waals surface area (Å²) in [5.41, 5.74) is 1.76. The molecule has 1 aromatic heterocycles. The molecule has 0 radical (unpaired) electrons. The van der Waals surface area contributed by atoms with Crippen LogP contribution in [0.2, 0.25) is 10.0 Å². The Balaban J connectivity index is 1.79. The van der Waals surface area contributed by atoms with E-state index in [1.54, 1.807) is 41.9 Å². The number of amides is 3. The Morgan fingerprint density at radius 2 is 1.76 bits per heavy atom. The zero-order valence-electron chi connectivity index (χ0n) is 19.0. The molecule has 174 valence electrons. The van der Waals surface area contributed by atoms with Crippen LogP contribution in [0, 0.1) is 0 Å². The third-order valence-corrected chi connectivity index (χ3v) is 5.46. The lowest BCUT2D eigenvalue weighted by Gasteiger charge is -2.21. The molecule has 0 unspecified atom stereocenters. The van der Waals surface area contributed by atoms with Gasteiger partial charge in [-0.15, -0.1) is 0 Å². The Hall–Kier alpha value is -3.03. The van der Waals surface area contributed by atoms with Crippen molar-refractivity contribution >= 4 is 46.6 Å². The standard InChI is InChI=1S/C24H27Cl2N5O2/c1-5-30(23(33)27-17-10-8-9-16(25)13-17)15-22(32)28-21-14-20(24(2,3)4)29-31(21)19-12-7-6-11-18(19)26/h6-14H,5,15H2,1-4H3,(H,27,33)(H,28,32). The zero-order valence-corrected chi connectivity index (χ0v) is 20.5. The summed E-state index contributed by atoms with van der Waals surface area (Å²) >= 11 is 12.4. The van der Waals surface area contributed by atoms with Gasteiger partial charge in [-0.05, 0) is 37.3 Å². The number of hydrogen-bond acceptors (Lipinski definition) is 3. The molecular formula is C24H27Cl2N5O2. The molecule has 3 aromatic rings. The summed E-state index contributed by atoms with van der Waals surface area (Å²) in [7, 11) is 0. The van der Waals surface area contributed by atoms with Gasteiger partial charge in [-0.1, -0.05) is 62.2 Å². The second kappa shape index (κ2) is 10.3. The van der Waals surface area contributed by atoms with Crippen LogP contribution in [0.25, 0.3) is 5.69 Å². The molecule has 0 fully saturated rings. The predicted octanol–water partition coefficient (Wildman–Crippen LogP) is 5.97. The quantitative estimate of drug-likeness (QED) is 0.449. The molecule has 2 N–H and O–H groups in total. The predicted molar refractivity (Wildman–Crippen MR) is 134 cm³/mol. The van der Waals surface area contributed by atoms with Crippen molar-refractivity contribution in [3.05, 3.63) is 70.3 Å². The van der Waals surface area contributed by atoms with Crippen molar-refractivity contribution in [2.75, 3.05) is 23.7 Å². The second-order valence-electron chi connectivity index (χ2n) is 8.53. The molecule has 0 atom stereocenters. The van der Waals surface area contributed by atoms with E-state index in [-0.39, 0.29) is 17.9 Å². The maximum absolute atomic E-state index is 12.9. The zero-order chi connectivity index (χ0) is 24.2. The fourth-order valence-electron chi connectivity index (χ4n) is 3.10. The van der Waals surface area contributed by atoms with Crippen LogP contribution in [0.1, 0.15) is 33.4 Å². The van der Waals surface area contributed by atoms with E-state index in [1.165, 1.54) is 4.90 Å². The highest BCUT2D eigenvalue weighted by molar-refractivity contribution is 6.32. The fraction of sp³-hybridized carbons (Fsp3) is 0.292. The minimum Gasteiger partial charge on any atom is -0.315 e. The van der Waals surface area contributed by atoms with Gasteiger partial charge in [-0.3, -0.25) is 4.79 Å². The summed E-state index contributed by atoms with van der Waals surface area (Å²) in [6.45, 7) is 8.12. The Kier molecular flexibility index (Phi) is 7.66. The molecule has 0 bridgehead atoms. The van der Waals surface area contributed by atoms with Crippen LogP contribution < -0.4 is 10.6 Å². The monoisotopic (exact) mass is 487 g/mol. The number of carbonyl (C=O) groups is 2. The Morgan fingerprint density at radius 1 is 1.03 bits per heavy atom. The highest BCUT2D eigenvalue weighted by Gasteiger charge is 2.23. The number of anilines is 2. The first-order chi connectivity index (χ1) is 15.6. The van der Waals surface area contributed by atoms with Crippen molar-refractivity contribution < 1.29 is 9.59 Å². The summed E-state index contributed by atoms with van der Waals surface area (Å²) in [6.07, 6.45) is 0. The second-order valence-corrected chi connectivity index (χ2v) is 9.37. The number of carbonyl (C=O) groups excluding carboxylic acids is 2. The molecule has 0 saturated carbocycles. The molecule has 3 amide bonds. The van der Waals surface area contributed by atoms with E-state index in [1.807, 2.05) is 45.0 Å². The van der Waals surface area contributed by atoms with Crippen LogP contribution >= 0.6 is 23.2 Å². The normalized spacial score (nSPS) is 11.2. The van der Waals surface area contributed by atoms with Crippen LogP contribution in [0.5, 0.6) is 0 Å². The molecular weight excluding hydrogens is 461 g/mol. The first-order valence-electron chi connectivity index (χ1n) is 10.5. The summed E-state index contributed by atoms with van der Waals surface area (Å²) in [5.74, 6) is 0.121. The SMILES string of the molecule is CCN(CC(=O)Nc1cc(C(C)(C)C)nn1-c1ccccc1Cl)C(=O)Nc1cccc(Cl)c1. The van der Waals surface area contributed by atoms with Gasteiger partial charge < -0.3 is 15.5 Å². The average molecular weight is 488 g/mol. The Morgan fingerprint density at radius 3 is 2.39 bits per heavy atom. The lowest BCUT2D eigenvalue weighted by Crippen LogP contribution is -2.40. The molecule has 3 rings (SSSR count). The van der Waals surface area contributed by atoms with Gasteiger partial charge in [0.05, 0.1) is 16.4 Å². The Bertz CT molecular complexity index is 1150. The number of benzene rings is 2. The van der Waals surface area contributed by atoms with Crippen LogP contribution in [0.3, 0.4) is 0 Å². The van der Waals surface area contributed by atoms with E-state index < -0.39 is 6.03 Å². The summed E-state index contributed by atoms with van der Waals surface area (Å²) in [5, 5.41) is 11.3. The molecule has 0 spiro atoms. The third kappa shape index (κ3) is 6.27. The molecule has 1 heterocycles. The van der Waals surface area contributed by atoms with E-state index in [9.17, 15) is 9.59 Å². The van der Waals surface area contributed by atoms with Crippen LogP contribution in [-0.4, -0.2) is 39.7 Å². The summed E-state index contributed by atoms with van der Waals surface area (Å²) in [6, 6.07) is 15.5. The Labute approximate surface area is 203 Å². The van der Waals surface area contributed by atoms with Crippen molar-refractivity contribution in [3.8, 4) is 5.69 Å². The molecule has 0 aliphatic carbocycles. The van der Waals surface area contributed by atoms with Gasteiger partial charge in [0.15, 0.2) is 0 Å². The van der Waals surface area contributed by atoms with Crippen LogP contribution in [0.15, 0.2) is 54.6 Å². The lowest BCUT2D eigenvalue weighted by atomic mass is 9.92. The molecule has 0 saturated heterocycles. The molecule has 2 aromatic carbocycles. The topological polar surface area (TPSA) is 79.3 Å². The molecule has 0 aliphatic rings. The highest BCUT2D eigenvalue weighted by Crippen LogP contribution is 2.29. The van der Waals surface area contributed by atoms with Crippen molar-refractivity contribution in [2.24, 2.45) is 0 Å².